The fraction of sp³-hybridized carbons (Fsp3) is 0.333. The lowest BCUT2D eigenvalue weighted by atomic mass is 10.1. The highest BCUT2D eigenvalue weighted by molar-refractivity contribution is 6.33. The molecule has 0 radical (unpaired) electrons. The maximum Gasteiger partial charge on any atom is 0.262 e. The lowest BCUT2D eigenvalue weighted by molar-refractivity contribution is -0.118. The minimum absolute atomic E-state index is 0.109. The van der Waals surface area contributed by atoms with Crippen LogP contribution in [0.15, 0.2) is 36.4 Å². The Kier molecular flexibility index (Phi) is 6.54. The molecule has 7 heteroatoms. The molecule has 0 bridgehead atoms. The van der Waals surface area contributed by atoms with Gasteiger partial charge in [0.25, 0.3) is 11.8 Å². The van der Waals surface area contributed by atoms with Gasteiger partial charge in [0, 0.05) is 18.7 Å². The number of halogens is 1. The summed E-state index contributed by atoms with van der Waals surface area (Å²) < 4.78 is 10.8. The predicted molar refractivity (Wildman–Crippen MR) is 108 cm³/mol. The van der Waals surface area contributed by atoms with Crippen molar-refractivity contribution in [2.24, 2.45) is 0 Å². The summed E-state index contributed by atoms with van der Waals surface area (Å²) in [4.78, 5) is 26.6. The third-order valence-electron chi connectivity index (χ3n) is 4.63. The summed E-state index contributed by atoms with van der Waals surface area (Å²) in [6.07, 6.45) is 0. The molecule has 3 rings (SSSR count). The lowest BCUT2D eigenvalue weighted by Crippen LogP contribution is -2.40. The van der Waals surface area contributed by atoms with E-state index >= 15 is 0 Å². The van der Waals surface area contributed by atoms with Gasteiger partial charge < -0.3 is 19.7 Å². The van der Waals surface area contributed by atoms with Gasteiger partial charge in [-0.05, 0) is 55.3 Å². The molecule has 0 atom stereocenters. The van der Waals surface area contributed by atoms with E-state index in [-0.39, 0.29) is 18.4 Å². The molecule has 1 aliphatic rings. The number of aryl methyl sites for hydroxylation is 2. The Morgan fingerprint density at radius 3 is 2.57 bits per heavy atom. The molecule has 1 saturated heterocycles. The minimum atomic E-state index is -0.351. The third kappa shape index (κ3) is 5.03. The number of rotatable bonds is 5. The van der Waals surface area contributed by atoms with Crippen LogP contribution in [0.25, 0.3) is 0 Å². The van der Waals surface area contributed by atoms with Crippen molar-refractivity contribution in [3.05, 3.63) is 58.1 Å². The standard InChI is InChI=1S/C21H23ClN2O4/c1-14-3-5-17(11-15(14)2)28-13-20(25)23-19-12-16(4-6-18(19)22)21(26)24-7-9-27-10-8-24/h3-6,11-12H,7-10,13H2,1-2H3,(H,23,25). The quantitative estimate of drug-likeness (QED) is 0.831. The highest BCUT2D eigenvalue weighted by atomic mass is 35.5. The van der Waals surface area contributed by atoms with Crippen LogP contribution in [-0.2, 0) is 9.53 Å². The van der Waals surface area contributed by atoms with Gasteiger partial charge in [-0.3, -0.25) is 9.59 Å². The van der Waals surface area contributed by atoms with Crippen molar-refractivity contribution in [2.75, 3.05) is 38.2 Å². The second-order valence-electron chi connectivity index (χ2n) is 6.68. The monoisotopic (exact) mass is 402 g/mol. The Labute approximate surface area is 169 Å². The molecule has 28 heavy (non-hydrogen) atoms. The Bertz CT molecular complexity index is 879. The van der Waals surface area contributed by atoms with E-state index in [9.17, 15) is 9.59 Å². The van der Waals surface area contributed by atoms with E-state index in [0.29, 0.717) is 48.3 Å². The minimum Gasteiger partial charge on any atom is -0.484 e. The molecule has 0 aromatic heterocycles. The zero-order valence-corrected chi connectivity index (χ0v) is 16.7. The lowest BCUT2D eigenvalue weighted by Gasteiger charge is -2.27. The predicted octanol–water partition coefficient (Wildman–Crippen LogP) is 3.45. The normalized spacial score (nSPS) is 13.9. The van der Waals surface area contributed by atoms with E-state index in [4.69, 9.17) is 21.1 Å². The number of hydrogen-bond acceptors (Lipinski definition) is 4. The highest BCUT2D eigenvalue weighted by Gasteiger charge is 2.19. The molecule has 6 nitrogen and oxygen atoms in total. The fourth-order valence-corrected chi connectivity index (χ4v) is 3.01. The van der Waals surface area contributed by atoms with Crippen molar-refractivity contribution < 1.29 is 19.1 Å². The van der Waals surface area contributed by atoms with Gasteiger partial charge in [0.05, 0.1) is 23.9 Å². The van der Waals surface area contributed by atoms with Gasteiger partial charge in [-0.1, -0.05) is 17.7 Å². The highest BCUT2D eigenvalue weighted by Crippen LogP contribution is 2.24. The van der Waals surface area contributed by atoms with Crippen LogP contribution in [0.1, 0.15) is 21.5 Å². The van der Waals surface area contributed by atoms with Gasteiger partial charge >= 0.3 is 0 Å². The number of carbonyl (C=O) groups is 2. The first kappa shape index (κ1) is 20.2. The van der Waals surface area contributed by atoms with Crippen molar-refractivity contribution in [2.45, 2.75) is 13.8 Å². The third-order valence-corrected chi connectivity index (χ3v) is 4.96. The first-order valence-electron chi connectivity index (χ1n) is 9.10. The molecule has 0 saturated carbocycles. The summed E-state index contributed by atoms with van der Waals surface area (Å²) in [5, 5.41) is 3.07. The van der Waals surface area contributed by atoms with E-state index < -0.39 is 0 Å². The van der Waals surface area contributed by atoms with Crippen molar-refractivity contribution in [1.82, 2.24) is 4.90 Å². The van der Waals surface area contributed by atoms with Crippen LogP contribution in [0.2, 0.25) is 5.02 Å². The Morgan fingerprint density at radius 2 is 1.86 bits per heavy atom. The topological polar surface area (TPSA) is 67.9 Å². The Balaban J connectivity index is 1.63. The first-order valence-corrected chi connectivity index (χ1v) is 9.48. The molecule has 1 heterocycles. The van der Waals surface area contributed by atoms with Crippen molar-refractivity contribution in [1.29, 1.82) is 0 Å². The second-order valence-corrected chi connectivity index (χ2v) is 7.09. The molecule has 0 spiro atoms. The summed E-state index contributed by atoms with van der Waals surface area (Å²) in [5.41, 5.74) is 3.10. The summed E-state index contributed by atoms with van der Waals surface area (Å²) >= 11 is 6.19. The smallest absolute Gasteiger partial charge is 0.262 e. The molecule has 2 aromatic carbocycles. The molecular weight excluding hydrogens is 380 g/mol. The number of benzene rings is 2. The van der Waals surface area contributed by atoms with E-state index in [1.54, 1.807) is 23.1 Å². The number of hydrogen-bond donors (Lipinski definition) is 1. The van der Waals surface area contributed by atoms with Crippen LogP contribution in [0.4, 0.5) is 5.69 Å². The molecule has 148 valence electrons. The maximum absolute atomic E-state index is 12.6. The SMILES string of the molecule is Cc1ccc(OCC(=O)Nc2cc(C(=O)N3CCOCC3)ccc2Cl)cc1C. The zero-order chi connectivity index (χ0) is 20.1. The van der Waals surface area contributed by atoms with Gasteiger partial charge in [-0.2, -0.15) is 0 Å². The van der Waals surface area contributed by atoms with Gasteiger partial charge in [-0.15, -0.1) is 0 Å². The van der Waals surface area contributed by atoms with Crippen LogP contribution in [-0.4, -0.2) is 49.6 Å². The number of carbonyl (C=O) groups excluding carboxylic acids is 2. The molecule has 1 aliphatic heterocycles. The van der Waals surface area contributed by atoms with E-state index in [1.807, 2.05) is 32.0 Å². The van der Waals surface area contributed by atoms with Crippen LogP contribution in [0, 0.1) is 13.8 Å². The van der Waals surface area contributed by atoms with Gasteiger partial charge in [0.2, 0.25) is 0 Å². The van der Waals surface area contributed by atoms with Crippen LogP contribution in [0.5, 0.6) is 5.75 Å². The number of anilines is 1. The summed E-state index contributed by atoms with van der Waals surface area (Å²) in [6, 6.07) is 10.5. The number of amides is 2. The van der Waals surface area contributed by atoms with Crippen molar-refractivity contribution in [3.8, 4) is 5.75 Å². The van der Waals surface area contributed by atoms with Crippen LogP contribution in [0.3, 0.4) is 0 Å². The summed E-state index contributed by atoms with van der Waals surface area (Å²) in [6.45, 7) is 6.00. The fourth-order valence-electron chi connectivity index (χ4n) is 2.84. The molecule has 1 fully saturated rings. The van der Waals surface area contributed by atoms with Crippen molar-refractivity contribution in [3.63, 3.8) is 0 Å². The van der Waals surface area contributed by atoms with Crippen LogP contribution >= 0.6 is 11.6 Å². The largest absolute Gasteiger partial charge is 0.484 e. The molecule has 0 unspecified atom stereocenters. The van der Waals surface area contributed by atoms with E-state index in [1.165, 1.54) is 0 Å². The molecule has 2 amide bonds. The van der Waals surface area contributed by atoms with Gasteiger partial charge in [0.1, 0.15) is 5.75 Å². The first-order chi connectivity index (χ1) is 13.4. The molecule has 0 aliphatic carbocycles. The Morgan fingerprint density at radius 1 is 1.11 bits per heavy atom. The molecule has 2 aromatic rings. The number of ether oxygens (including phenoxy) is 2. The van der Waals surface area contributed by atoms with E-state index in [2.05, 4.69) is 5.32 Å². The molecular formula is C21H23ClN2O4. The summed E-state index contributed by atoms with van der Waals surface area (Å²) in [5.74, 6) is 0.165. The summed E-state index contributed by atoms with van der Waals surface area (Å²) in [7, 11) is 0. The molecule has 1 N–H and O–H groups in total. The van der Waals surface area contributed by atoms with Crippen molar-refractivity contribution >= 4 is 29.1 Å². The maximum atomic E-state index is 12.6. The Hall–Kier alpha value is -2.57. The number of nitrogens with zero attached hydrogens (tertiary/aromatic N) is 1. The number of morpholine rings is 1. The number of nitrogens with one attached hydrogen (secondary N) is 1. The average molecular weight is 403 g/mol. The average Bonchev–Trinajstić information content (AvgIpc) is 2.70. The van der Waals surface area contributed by atoms with Crippen LogP contribution < -0.4 is 10.1 Å². The second kappa shape index (κ2) is 9.08. The zero-order valence-electron chi connectivity index (χ0n) is 16.0. The van der Waals surface area contributed by atoms with Gasteiger partial charge in [0.15, 0.2) is 6.61 Å². The van der Waals surface area contributed by atoms with Gasteiger partial charge in [-0.25, -0.2) is 0 Å². The van der Waals surface area contributed by atoms with E-state index in [0.717, 1.165) is 11.1 Å².